The van der Waals surface area contributed by atoms with Gasteiger partial charge in [-0.05, 0) is 6.42 Å². The number of nitrogens with one attached hydrogen (secondary N) is 1. The molecule has 0 bridgehead atoms. The van der Waals surface area contributed by atoms with E-state index in [1.165, 1.54) is 17.1 Å². The van der Waals surface area contributed by atoms with Crippen molar-refractivity contribution in [3.63, 3.8) is 0 Å². The second-order valence-corrected chi connectivity index (χ2v) is 4.22. The van der Waals surface area contributed by atoms with Gasteiger partial charge in [0.25, 0.3) is 0 Å². The number of nitrogens with zero attached hydrogens (tertiary/aromatic N) is 3. The van der Waals surface area contributed by atoms with Crippen LogP contribution in [-0.4, -0.2) is 27.2 Å². The van der Waals surface area contributed by atoms with Crippen molar-refractivity contribution >= 4 is 11.6 Å². The second-order valence-electron chi connectivity index (χ2n) is 4.22. The van der Waals surface area contributed by atoms with Gasteiger partial charge in [0.05, 0.1) is 17.4 Å². The van der Waals surface area contributed by atoms with Crippen molar-refractivity contribution in [3.05, 3.63) is 22.5 Å². The Kier molecular flexibility index (Phi) is 5.29. The van der Waals surface area contributed by atoms with Gasteiger partial charge in [-0.3, -0.25) is 19.6 Å². The molecule has 0 saturated carbocycles. The van der Waals surface area contributed by atoms with Crippen LogP contribution in [0.5, 0.6) is 0 Å². The maximum Gasteiger partial charge on any atom is 0.306 e. The van der Waals surface area contributed by atoms with E-state index in [2.05, 4.69) is 17.3 Å². The molecule has 0 saturated heterocycles. The summed E-state index contributed by atoms with van der Waals surface area (Å²) < 4.78 is 1.42. The predicted octanol–water partition coefficient (Wildman–Crippen LogP) is 1.34. The molecule has 1 unspecified atom stereocenters. The highest BCUT2D eigenvalue weighted by molar-refractivity contribution is 5.78. The zero-order valence-electron chi connectivity index (χ0n) is 10.6. The van der Waals surface area contributed by atoms with E-state index in [4.69, 9.17) is 0 Å². The van der Waals surface area contributed by atoms with E-state index in [1.807, 2.05) is 0 Å². The standard InChI is InChI=1S/C11H18N4O3/c1-3-4-5-12-11(16)9(2)7-14-8-10(6-13-14)15(17)18/h6,8-9H,3-5,7H2,1-2H3,(H,12,16). The molecule has 1 amide bonds. The largest absolute Gasteiger partial charge is 0.356 e. The van der Waals surface area contributed by atoms with Gasteiger partial charge < -0.3 is 5.32 Å². The first-order valence-corrected chi connectivity index (χ1v) is 5.99. The molecule has 1 aromatic rings. The Morgan fingerprint density at radius 1 is 1.67 bits per heavy atom. The Labute approximate surface area is 105 Å². The quantitative estimate of drug-likeness (QED) is 0.451. The van der Waals surface area contributed by atoms with Crippen LogP contribution in [0.4, 0.5) is 5.69 Å². The smallest absolute Gasteiger partial charge is 0.306 e. The summed E-state index contributed by atoms with van der Waals surface area (Å²) in [6.07, 6.45) is 4.49. The number of carbonyl (C=O) groups is 1. The predicted molar refractivity (Wildman–Crippen MR) is 66.0 cm³/mol. The molecule has 0 radical (unpaired) electrons. The van der Waals surface area contributed by atoms with Crippen LogP contribution in [0.1, 0.15) is 26.7 Å². The van der Waals surface area contributed by atoms with Crippen molar-refractivity contribution in [2.75, 3.05) is 6.54 Å². The highest BCUT2D eigenvalue weighted by Gasteiger charge is 2.15. The third-order valence-corrected chi connectivity index (χ3v) is 2.57. The Hall–Kier alpha value is -1.92. The van der Waals surface area contributed by atoms with E-state index < -0.39 is 4.92 Å². The molecule has 1 heterocycles. The monoisotopic (exact) mass is 254 g/mol. The van der Waals surface area contributed by atoms with Crippen LogP contribution in [0, 0.1) is 16.0 Å². The molecule has 1 atom stereocenters. The minimum Gasteiger partial charge on any atom is -0.356 e. The number of hydrogen-bond donors (Lipinski definition) is 1. The summed E-state index contributed by atoms with van der Waals surface area (Å²) >= 11 is 0. The Balaban J connectivity index is 2.45. The fourth-order valence-corrected chi connectivity index (χ4v) is 1.47. The first kappa shape index (κ1) is 14.1. The average molecular weight is 254 g/mol. The lowest BCUT2D eigenvalue weighted by Gasteiger charge is -2.11. The maximum atomic E-state index is 11.7. The molecular formula is C11H18N4O3. The Bertz CT molecular complexity index is 416. The molecule has 0 aliphatic carbocycles. The summed E-state index contributed by atoms with van der Waals surface area (Å²) in [6.45, 7) is 4.83. The maximum absolute atomic E-state index is 11.7. The SMILES string of the molecule is CCCCNC(=O)C(C)Cn1cc([N+](=O)[O-])cn1. The van der Waals surface area contributed by atoms with Crippen LogP contribution in [-0.2, 0) is 11.3 Å². The number of unbranched alkanes of at least 4 members (excludes halogenated alkanes) is 1. The van der Waals surface area contributed by atoms with Crippen LogP contribution in [0.2, 0.25) is 0 Å². The molecule has 0 spiro atoms. The molecule has 0 aliphatic heterocycles. The molecule has 0 aromatic carbocycles. The molecule has 1 N–H and O–H groups in total. The number of aromatic nitrogens is 2. The lowest BCUT2D eigenvalue weighted by Crippen LogP contribution is -2.32. The summed E-state index contributed by atoms with van der Waals surface area (Å²) in [5, 5.41) is 17.2. The fraction of sp³-hybridized carbons (Fsp3) is 0.636. The van der Waals surface area contributed by atoms with Crippen LogP contribution in [0.15, 0.2) is 12.4 Å². The van der Waals surface area contributed by atoms with Crippen LogP contribution in [0.25, 0.3) is 0 Å². The summed E-state index contributed by atoms with van der Waals surface area (Å²) in [7, 11) is 0. The topological polar surface area (TPSA) is 90.1 Å². The highest BCUT2D eigenvalue weighted by atomic mass is 16.6. The normalized spacial score (nSPS) is 12.1. The van der Waals surface area contributed by atoms with Crippen molar-refractivity contribution in [2.45, 2.75) is 33.2 Å². The second kappa shape index (κ2) is 6.73. The third kappa shape index (κ3) is 4.15. The molecule has 100 valence electrons. The van der Waals surface area contributed by atoms with Crippen molar-refractivity contribution in [1.82, 2.24) is 15.1 Å². The van der Waals surface area contributed by atoms with E-state index in [-0.39, 0.29) is 17.5 Å². The zero-order valence-corrected chi connectivity index (χ0v) is 10.6. The van der Waals surface area contributed by atoms with Crippen molar-refractivity contribution in [3.8, 4) is 0 Å². The summed E-state index contributed by atoms with van der Waals surface area (Å²) in [5.41, 5.74) is -0.0615. The van der Waals surface area contributed by atoms with Gasteiger partial charge in [-0.2, -0.15) is 5.10 Å². The van der Waals surface area contributed by atoms with Gasteiger partial charge in [-0.15, -0.1) is 0 Å². The van der Waals surface area contributed by atoms with E-state index >= 15 is 0 Å². The number of amides is 1. The third-order valence-electron chi connectivity index (χ3n) is 2.57. The van der Waals surface area contributed by atoms with E-state index in [0.717, 1.165) is 12.8 Å². The number of nitro groups is 1. The lowest BCUT2D eigenvalue weighted by atomic mass is 10.1. The first-order valence-electron chi connectivity index (χ1n) is 5.99. The van der Waals surface area contributed by atoms with Gasteiger partial charge in [0.2, 0.25) is 5.91 Å². The van der Waals surface area contributed by atoms with Crippen LogP contribution in [0.3, 0.4) is 0 Å². The van der Waals surface area contributed by atoms with Crippen molar-refractivity contribution in [2.24, 2.45) is 5.92 Å². The fourth-order valence-electron chi connectivity index (χ4n) is 1.47. The van der Waals surface area contributed by atoms with Crippen molar-refractivity contribution < 1.29 is 9.72 Å². The molecule has 0 aliphatic rings. The minimum atomic E-state index is -0.504. The van der Waals surface area contributed by atoms with E-state index in [0.29, 0.717) is 13.1 Å². The van der Waals surface area contributed by atoms with Gasteiger partial charge in [-0.1, -0.05) is 20.3 Å². The number of carbonyl (C=O) groups excluding carboxylic acids is 1. The van der Waals surface area contributed by atoms with Gasteiger partial charge in [-0.25, -0.2) is 0 Å². The number of rotatable bonds is 7. The molecule has 7 nitrogen and oxygen atoms in total. The Morgan fingerprint density at radius 2 is 2.39 bits per heavy atom. The van der Waals surface area contributed by atoms with Gasteiger partial charge in [0.15, 0.2) is 0 Å². The minimum absolute atomic E-state index is 0.0541. The molecule has 1 aromatic heterocycles. The van der Waals surface area contributed by atoms with Crippen LogP contribution < -0.4 is 5.32 Å². The zero-order chi connectivity index (χ0) is 13.5. The molecule has 1 rings (SSSR count). The average Bonchev–Trinajstić information content (AvgIpc) is 2.77. The lowest BCUT2D eigenvalue weighted by molar-refractivity contribution is -0.385. The van der Waals surface area contributed by atoms with Gasteiger partial charge in [0, 0.05) is 6.54 Å². The molecular weight excluding hydrogens is 236 g/mol. The van der Waals surface area contributed by atoms with E-state index in [9.17, 15) is 14.9 Å². The van der Waals surface area contributed by atoms with Crippen LogP contribution >= 0.6 is 0 Å². The highest BCUT2D eigenvalue weighted by Crippen LogP contribution is 2.09. The number of hydrogen-bond acceptors (Lipinski definition) is 4. The van der Waals surface area contributed by atoms with Crippen molar-refractivity contribution in [1.29, 1.82) is 0 Å². The summed E-state index contributed by atoms with van der Waals surface area (Å²) in [5.74, 6) is -0.317. The first-order chi connectivity index (χ1) is 8.54. The van der Waals surface area contributed by atoms with E-state index in [1.54, 1.807) is 6.92 Å². The van der Waals surface area contributed by atoms with Gasteiger partial charge >= 0.3 is 5.69 Å². The molecule has 18 heavy (non-hydrogen) atoms. The summed E-state index contributed by atoms with van der Waals surface area (Å²) in [6, 6.07) is 0. The molecule has 7 heteroatoms. The Morgan fingerprint density at radius 3 is 2.94 bits per heavy atom. The summed E-state index contributed by atoms with van der Waals surface area (Å²) in [4.78, 5) is 21.7. The molecule has 0 fully saturated rings. The van der Waals surface area contributed by atoms with Gasteiger partial charge in [0.1, 0.15) is 12.4 Å².